The summed E-state index contributed by atoms with van der Waals surface area (Å²) in [4.78, 5) is 28.2. The van der Waals surface area contributed by atoms with Gasteiger partial charge in [-0.2, -0.15) is 5.26 Å². The fourth-order valence-corrected chi connectivity index (χ4v) is 2.38. The number of nitrogens with one attached hydrogen (secondary N) is 1. The van der Waals surface area contributed by atoms with Gasteiger partial charge in [0.05, 0.1) is 5.56 Å². The fraction of sp³-hybridized carbons (Fsp3) is 0.125. The number of halogens is 1. The first kappa shape index (κ1) is 17.8. The van der Waals surface area contributed by atoms with Crippen LogP contribution >= 0.6 is 23.4 Å². The minimum Gasteiger partial charge on any atom is -0.452 e. The summed E-state index contributed by atoms with van der Waals surface area (Å²) in [6.45, 7) is 1.39. The highest BCUT2D eigenvalue weighted by molar-refractivity contribution is 8.03. The van der Waals surface area contributed by atoms with Crippen LogP contribution in [0.1, 0.15) is 15.9 Å². The number of carbonyl (C=O) groups excluding carboxylic acids is 2. The molecule has 0 saturated carbocycles. The number of aromatic nitrogens is 1. The number of esters is 1. The molecule has 6 nitrogen and oxygen atoms in total. The molecule has 1 aromatic heterocycles. The first-order valence-corrected chi connectivity index (χ1v) is 7.94. The normalized spacial score (nSPS) is 9.88. The first-order valence-electron chi connectivity index (χ1n) is 6.74. The van der Waals surface area contributed by atoms with Crippen molar-refractivity contribution in [2.24, 2.45) is 0 Å². The molecule has 0 radical (unpaired) electrons. The Bertz CT molecular complexity index is 803. The number of carbonyl (C=O) groups is 2. The fourth-order valence-electron chi connectivity index (χ4n) is 1.79. The molecule has 0 fully saturated rings. The van der Waals surface area contributed by atoms with Gasteiger partial charge in [0.1, 0.15) is 10.6 Å². The van der Waals surface area contributed by atoms with Gasteiger partial charge in [-0.3, -0.25) is 4.79 Å². The van der Waals surface area contributed by atoms with Crippen LogP contribution < -0.4 is 5.32 Å². The molecular formula is C16H12ClN3O3S. The SMILES string of the molecule is Cc1cc(SC#N)ccc1NC(=O)COC(=O)c1ccc(Cl)nc1. The first-order chi connectivity index (χ1) is 11.5. The monoisotopic (exact) mass is 361 g/mol. The number of benzene rings is 1. The maximum Gasteiger partial charge on any atom is 0.340 e. The van der Waals surface area contributed by atoms with Crippen LogP contribution in [0.3, 0.4) is 0 Å². The van der Waals surface area contributed by atoms with Gasteiger partial charge in [-0.15, -0.1) is 0 Å². The zero-order valence-electron chi connectivity index (χ0n) is 12.6. The van der Waals surface area contributed by atoms with Crippen LogP contribution in [0, 0.1) is 17.6 Å². The molecule has 2 aromatic rings. The number of anilines is 1. The molecule has 0 saturated heterocycles. The molecule has 1 amide bonds. The van der Waals surface area contributed by atoms with E-state index >= 15 is 0 Å². The van der Waals surface area contributed by atoms with Crippen LogP contribution in [0.15, 0.2) is 41.4 Å². The topological polar surface area (TPSA) is 92.1 Å². The van der Waals surface area contributed by atoms with Crippen molar-refractivity contribution < 1.29 is 14.3 Å². The predicted molar refractivity (Wildman–Crippen MR) is 90.8 cm³/mol. The van der Waals surface area contributed by atoms with Gasteiger partial charge in [-0.25, -0.2) is 9.78 Å². The van der Waals surface area contributed by atoms with Crippen molar-refractivity contribution in [3.63, 3.8) is 0 Å². The molecule has 1 aromatic carbocycles. The molecule has 122 valence electrons. The van der Waals surface area contributed by atoms with E-state index in [9.17, 15) is 9.59 Å². The summed E-state index contributed by atoms with van der Waals surface area (Å²) in [5.41, 5.74) is 1.60. The number of thiocyanates is 1. The van der Waals surface area contributed by atoms with E-state index in [0.29, 0.717) is 5.69 Å². The summed E-state index contributed by atoms with van der Waals surface area (Å²) in [6.07, 6.45) is 1.28. The Morgan fingerprint density at radius 3 is 2.79 bits per heavy atom. The van der Waals surface area contributed by atoms with E-state index in [4.69, 9.17) is 21.6 Å². The summed E-state index contributed by atoms with van der Waals surface area (Å²) < 4.78 is 4.92. The molecule has 24 heavy (non-hydrogen) atoms. The molecule has 0 atom stereocenters. The lowest BCUT2D eigenvalue weighted by molar-refractivity contribution is -0.119. The standard InChI is InChI=1S/C16H12ClN3O3S/c1-10-6-12(24-9-18)3-4-13(10)20-15(21)8-23-16(22)11-2-5-14(17)19-7-11/h2-7H,8H2,1H3,(H,20,21). The molecule has 0 aliphatic carbocycles. The summed E-state index contributed by atoms with van der Waals surface area (Å²) >= 11 is 6.67. The summed E-state index contributed by atoms with van der Waals surface area (Å²) in [6, 6.07) is 8.13. The Kier molecular flexibility index (Phi) is 6.18. The van der Waals surface area contributed by atoms with Crippen LogP contribution in [-0.4, -0.2) is 23.5 Å². The second-order valence-corrected chi connectivity index (χ2v) is 5.91. The van der Waals surface area contributed by atoms with Gasteiger partial charge in [-0.05, 0) is 54.6 Å². The van der Waals surface area contributed by atoms with Crippen LogP contribution in [-0.2, 0) is 9.53 Å². The average Bonchev–Trinajstić information content (AvgIpc) is 2.56. The minimum atomic E-state index is -0.660. The molecule has 0 bridgehead atoms. The third-order valence-electron chi connectivity index (χ3n) is 2.93. The van der Waals surface area contributed by atoms with E-state index in [-0.39, 0.29) is 10.7 Å². The number of pyridine rings is 1. The van der Waals surface area contributed by atoms with E-state index in [1.54, 1.807) is 18.2 Å². The van der Waals surface area contributed by atoms with Crippen LogP contribution in [0.4, 0.5) is 5.69 Å². The molecule has 1 heterocycles. The Hall–Kier alpha value is -2.56. The number of hydrogen-bond acceptors (Lipinski definition) is 6. The number of nitriles is 1. The van der Waals surface area contributed by atoms with Gasteiger partial charge < -0.3 is 10.1 Å². The van der Waals surface area contributed by atoms with Crippen molar-refractivity contribution in [2.75, 3.05) is 11.9 Å². The second kappa shape index (κ2) is 8.34. The molecule has 8 heteroatoms. The van der Waals surface area contributed by atoms with E-state index < -0.39 is 18.5 Å². The average molecular weight is 362 g/mol. The van der Waals surface area contributed by atoms with Gasteiger partial charge in [0, 0.05) is 16.8 Å². The lowest BCUT2D eigenvalue weighted by Gasteiger charge is -2.09. The number of aryl methyl sites for hydroxylation is 1. The van der Waals surface area contributed by atoms with Crippen molar-refractivity contribution in [1.29, 1.82) is 5.26 Å². The van der Waals surface area contributed by atoms with E-state index in [0.717, 1.165) is 22.2 Å². The Morgan fingerprint density at radius 2 is 2.17 bits per heavy atom. The lowest BCUT2D eigenvalue weighted by atomic mass is 10.2. The highest BCUT2D eigenvalue weighted by Gasteiger charge is 2.11. The Balaban J connectivity index is 1.90. The number of ether oxygens (including phenoxy) is 1. The van der Waals surface area contributed by atoms with Gasteiger partial charge in [0.25, 0.3) is 5.91 Å². The third-order valence-corrected chi connectivity index (χ3v) is 3.74. The molecule has 0 aliphatic heterocycles. The van der Waals surface area contributed by atoms with Crippen molar-refractivity contribution in [3.8, 4) is 5.40 Å². The number of amides is 1. The van der Waals surface area contributed by atoms with E-state index in [1.165, 1.54) is 18.3 Å². The molecule has 1 N–H and O–H groups in total. The highest BCUT2D eigenvalue weighted by atomic mass is 35.5. The number of nitrogens with zero attached hydrogens (tertiary/aromatic N) is 2. The van der Waals surface area contributed by atoms with Crippen LogP contribution in [0.2, 0.25) is 5.15 Å². The molecular weight excluding hydrogens is 350 g/mol. The zero-order valence-corrected chi connectivity index (χ0v) is 14.1. The van der Waals surface area contributed by atoms with Gasteiger partial charge in [0.15, 0.2) is 6.61 Å². The second-order valence-electron chi connectivity index (χ2n) is 4.66. The largest absolute Gasteiger partial charge is 0.452 e. The van der Waals surface area contributed by atoms with Gasteiger partial charge in [0.2, 0.25) is 0 Å². The van der Waals surface area contributed by atoms with Gasteiger partial charge in [-0.1, -0.05) is 11.6 Å². The molecule has 0 spiro atoms. The maximum atomic E-state index is 11.9. The minimum absolute atomic E-state index is 0.210. The van der Waals surface area contributed by atoms with Crippen molar-refractivity contribution >= 4 is 40.9 Å². The number of rotatable bonds is 5. The predicted octanol–water partition coefficient (Wildman–Crippen LogP) is 3.41. The summed E-state index contributed by atoms with van der Waals surface area (Å²) in [7, 11) is 0. The third kappa shape index (κ3) is 4.98. The molecule has 0 unspecified atom stereocenters. The Labute approximate surface area is 147 Å². The maximum absolute atomic E-state index is 11.9. The summed E-state index contributed by atoms with van der Waals surface area (Å²) in [5, 5.41) is 13.5. The van der Waals surface area contributed by atoms with Crippen molar-refractivity contribution in [2.45, 2.75) is 11.8 Å². The molecule has 0 aliphatic rings. The lowest BCUT2D eigenvalue weighted by Crippen LogP contribution is -2.21. The van der Waals surface area contributed by atoms with Crippen LogP contribution in [0.25, 0.3) is 0 Å². The quantitative estimate of drug-likeness (QED) is 0.379. The van der Waals surface area contributed by atoms with Gasteiger partial charge >= 0.3 is 5.97 Å². The zero-order chi connectivity index (χ0) is 17.5. The van der Waals surface area contributed by atoms with Crippen molar-refractivity contribution in [1.82, 2.24) is 4.98 Å². The smallest absolute Gasteiger partial charge is 0.340 e. The number of thioether (sulfide) groups is 1. The Morgan fingerprint density at radius 1 is 1.38 bits per heavy atom. The van der Waals surface area contributed by atoms with E-state index in [1.807, 2.05) is 12.3 Å². The molecule has 2 rings (SSSR count). The van der Waals surface area contributed by atoms with E-state index in [2.05, 4.69) is 10.3 Å². The summed E-state index contributed by atoms with van der Waals surface area (Å²) in [5.74, 6) is -1.12. The number of hydrogen-bond donors (Lipinski definition) is 1. The van der Waals surface area contributed by atoms with Crippen LogP contribution in [0.5, 0.6) is 0 Å². The van der Waals surface area contributed by atoms with Crippen molar-refractivity contribution in [3.05, 3.63) is 52.8 Å². The highest BCUT2D eigenvalue weighted by Crippen LogP contribution is 2.23.